The Hall–Kier alpha value is -4.53. The maximum Gasteiger partial charge on any atom is 0.416 e. The molecule has 0 radical (unpaired) electrons. The molecule has 9 heteroatoms. The number of amides is 2. The highest BCUT2D eigenvalue weighted by Gasteiger charge is 2.31. The number of halogens is 3. The summed E-state index contributed by atoms with van der Waals surface area (Å²) in [5, 5.41) is 6.44. The number of hydrogen-bond acceptors (Lipinski definition) is 4. The standard InChI is InChI=1S/C27H19F3N2O4/c1-15-9-10-19-16(14-35-22(19)11-15)12-23(33)32-24-20-7-2-3-8-21(20)36-25(24)26(34)31-18-6-4-5-17(13-18)27(28,29)30/h2-11,13-14H,12H2,1H3,(H,31,34)(H,32,33). The molecular formula is C27H19F3N2O4. The van der Waals surface area contributed by atoms with Crippen LogP contribution in [0.2, 0.25) is 0 Å². The first-order chi connectivity index (χ1) is 17.2. The monoisotopic (exact) mass is 492 g/mol. The molecule has 2 N–H and O–H groups in total. The molecule has 36 heavy (non-hydrogen) atoms. The third kappa shape index (κ3) is 4.55. The Bertz CT molecular complexity index is 1610. The maximum atomic E-state index is 13.1. The summed E-state index contributed by atoms with van der Waals surface area (Å²) in [6, 6.07) is 16.6. The molecule has 5 aromatic rings. The summed E-state index contributed by atoms with van der Waals surface area (Å²) in [7, 11) is 0. The van der Waals surface area contributed by atoms with Crippen molar-refractivity contribution in [1.82, 2.24) is 0 Å². The van der Waals surface area contributed by atoms with Crippen LogP contribution >= 0.6 is 0 Å². The molecule has 0 saturated heterocycles. The molecule has 0 spiro atoms. The summed E-state index contributed by atoms with van der Waals surface area (Å²) >= 11 is 0. The van der Waals surface area contributed by atoms with Gasteiger partial charge in [0.2, 0.25) is 11.7 Å². The molecule has 3 aromatic carbocycles. The number of benzene rings is 3. The fraction of sp³-hybridized carbons (Fsp3) is 0.111. The van der Waals surface area contributed by atoms with Crippen LogP contribution in [0.5, 0.6) is 0 Å². The lowest BCUT2D eigenvalue weighted by atomic mass is 10.1. The van der Waals surface area contributed by atoms with Crippen LogP contribution in [0.4, 0.5) is 24.5 Å². The van der Waals surface area contributed by atoms with E-state index in [0.29, 0.717) is 22.1 Å². The average Bonchev–Trinajstić information content (AvgIpc) is 3.40. The summed E-state index contributed by atoms with van der Waals surface area (Å²) in [4.78, 5) is 26.0. The predicted octanol–water partition coefficient (Wildman–Crippen LogP) is 6.94. The highest BCUT2D eigenvalue weighted by atomic mass is 19.4. The molecule has 0 unspecified atom stereocenters. The van der Waals surface area contributed by atoms with E-state index in [0.717, 1.165) is 23.1 Å². The minimum absolute atomic E-state index is 0.0236. The summed E-state index contributed by atoms with van der Waals surface area (Å²) < 4.78 is 50.4. The van der Waals surface area contributed by atoms with E-state index in [9.17, 15) is 22.8 Å². The second-order valence-corrected chi connectivity index (χ2v) is 8.32. The number of hydrogen-bond donors (Lipinski definition) is 2. The van der Waals surface area contributed by atoms with Gasteiger partial charge in [0.05, 0.1) is 18.2 Å². The van der Waals surface area contributed by atoms with Gasteiger partial charge < -0.3 is 19.5 Å². The molecule has 182 valence electrons. The molecule has 0 bridgehead atoms. The van der Waals surface area contributed by atoms with E-state index in [4.69, 9.17) is 8.83 Å². The van der Waals surface area contributed by atoms with E-state index in [1.54, 1.807) is 24.3 Å². The number of anilines is 2. The van der Waals surface area contributed by atoms with Crippen molar-refractivity contribution in [3.8, 4) is 0 Å². The van der Waals surface area contributed by atoms with Crippen molar-refractivity contribution in [3.05, 3.63) is 95.4 Å². The molecular weight excluding hydrogens is 473 g/mol. The SMILES string of the molecule is Cc1ccc2c(CC(=O)Nc3c(C(=O)Nc4cccc(C(F)(F)F)c4)oc4ccccc34)coc2c1. The number of fused-ring (bicyclic) bond motifs is 2. The van der Waals surface area contributed by atoms with Crippen LogP contribution < -0.4 is 10.6 Å². The van der Waals surface area contributed by atoms with Gasteiger partial charge in [0, 0.05) is 22.0 Å². The van der Waals surface area contributed by atoms with Crippen molar-refractivity contribution >= 4 is 45.1 Å². The third-order valence-corrected chi connectivity index (χ3v) is 5.68. The first-order valence-electron chi connectivity index (χ1n) is 11.0. The fourth-order valence-electron chi connectivity index (χ4n) is 3.97. The number of aryl methyl sites for hydroxylation is 1. The largest absolute Gasteiger partial charge is 0.464 e. The number of furan rings is 2. The van der Waals surface area contributed by atoms with Crippen molar-refractivity contribution in [3.63, 3.8) is 0 Å². The molecule has 0 atom stereocenters. The Balaban J connectivity index is 1.43. The van der Waals surface area contributed by atoms with E-state index in [2.05, 4.69) is 10.6 Å². The topological polar surface area (TPSA) is 84.5 Å². The Morgan fingerprint density at radius 2 is 1.69 bits per heavy atom. The van der Waals surface area contributed by atoms with Gasteiger partial charge in [0.15, 0.2) is 0 Å². The van der Waals surface area contributed by atoms with Gasteiger partial charge >= 0.3 is 6.18 Å². The van der Waals surface area contributed by atoms with Gasteiger partial charge in [-0.15, -0.1) is 0 Å². The highest BCUT2D eigenvalue weighted by molar-refractivity contribution is 6.14. The van der Waals surface area contributed by atoms with Crippen LogP contribution in [0.15, 0.2) is 81.8 Å². The molecule has 2 aromatic heterocycles. The van der Waals surface area contributed by atoms with E-state index < -0.39 is 23.6 Å². The van der Waals surface area contributed by atoms with Gasteiger partial charge in [-0.05, 0) is 48.9 Å². The third-order valence-electron chi connectivity index (χ3n) is 5.68. The smallest absolute Gasteiger partial charge is 0.416 e. The number of carbonyl (C=O) groups is 2. The van der Waals surface area contributed by atoms with Crippen LogP contribution in [-0.4, -0.2) is 11.8 Å². The van der Waals surface area contributed by atoms with Gasteiger partial charge in [-0.25, -0.2) is 0 Å². The minimum Gasteiger partial charge on any atom is -0.464 e. The molecule has 5 rings (SSSR count). The summed E-state index contributed by atoms with van der Waals surface area (Å²) in [5.41, 5.74) is 1.86. The Morgan fingerprint density at radius 3 is 2.50 bits per heavy atom. The minimum atomic E-state index is -4.56. The summed E-state index contributed by atoms with van der Waals surface area (Å²) in [6.07, 6.45) is -3.07. The number of alkyl halides is 3. The zero-order valence-corrected chi connectivity index (χ0v) is 18.9. The average molecular weight is 492 g/mol. The maximum absolute atomic E-state index is 13.1. The zero-order chi connectivity index (χ0) is 25.4. The second kappa shape index (κ2) is 8.92. The van der Waals surface area contributed by atoms with E-state index in [1.807, 2.05) is 25.1 Å². The van der Waals surface area contributed by atoms with Crippen LogP contribution in [0, 0.1) is 6.92 Å². The number of nitrogens with one attached hydrogen (secondary N) is 2. The Labute approximate surface area is 202 Å². The number of carbonyl (C=O) groups excluding carboxylic acids is 2. The first-order valence-corrected chi connectivity index (χ1v) is 11.0. The number of para-hydroxylation sites is 1. The zero-order valence-electron chi connectivity index (χ0n) is 18.9. The lowest BCUT2D eigenvalue weighted by Gasteiger charge is -2.10. The highest BCUT2D eigenvalue weighted by Crippen LogP contribution is 2.33. The molecule has 0 aliphatic heterocycles. The van der Waals surface area contributed by atoms with Crippen molar-refractivity contribution in [2.75, 3.05) is 10.6 Å². The van der Waals surface area contributed by atoms with Gasteiger partial charge in [-0.1, -0.05) is 30.3 Å². The van der Waals surface area contributed by atoms with E-state index in [1.165, 1.54) is 18.4 Å². The Morgan fingerprint density at radius 1 is 0.889 bits per heavy atom. The molecule has 0 aliphatic rings. The predicted molar refractivity (Wildman–Crippen MR) is 129 cm³/mol. The molecule has 2 heterocycles. The Kier molecular flexibility index (Phi) is 5.75. The lowest BCUT2D eigenvalue weighted by molar-refractivity contribution is -0.137. The van der Waals surface area contributed by atoms with Crippen LogP contribution in [0.25, 0.3) is 21.9 Å². The summed E-state index contributed by atoms with van der Waals surface area (Å²) in [5.74, 6) is -1.45. The van der Waals surface area contributed by atoms with Crippen molar-refractivity contribution in [2.24, 2.45) is 0 Å². The van der Waals surface area contributed by atoms with Crippen LogP contribution in [-0.2, 0) is 17.4 Å². The van der Waals surface area contributed by atoms with Crippen molar-refractivity contribution in [1.29, 1.82) is 0 Å². The van der Waals surface area contributed by atoms with Gasteiger partial charge in [0.25, 0.3) is 5.91 Å². The quantitative estimate of drug-likeness (QED) is 0.278. The first kappa shape index (κ1) is 23.2. The lowest BCUT2D eigenvalue weighted by Crippen LogP contribution is -2.18. The van der Waals surface area contributed by atoms with Gasteiger partial charge in [-0.2, -0.15) is 13.2 Å². The van der Waals surface area contributed by atoms with Gasteiger partial charge in [0.1, 0.15) is 16.9 Å². The van der Waals surface area contributed by atoms with E-state index in [-0.39, 0.29) is 23.6 Å². The van der Waals surface area contributed by atoms with Crippen LogP contribution in [0.3, 0.4) is 0 Å². The summed E-state index contributed by atoms with van der Waals surface area (Å²) in [6.45, 7) is 1.93. The molecule has 0 fully saturated rings. The normalized spacial score (nSPS) is 11.7. The van der Waals surface area contributed by atoms with Crippen molar-refractivity contribution in [2.45, 2.75) is 19.5 Å². The van der Waals surface area contributed by atoms with Crippen molar-refractivity contribution < 1.29 is 31.6 Å². The fourth-order valence-corrected chi connectivity index (χ4v) is 3.97. The molecule has 0 saturated carbocycles. The van der Waals surface area contributed by atoms with Gasteiger partial charge in [-0.3, -0.25) is 9.59 Å². The van der Waals surface area contributed by atoms with E-state index >= 15 is 0 Å². The second-order valence-electron chi connectivity index (χ2n) is 8.32. The molecule has 6 nitrogen and oxygen atoms in total. The van der Waals surface area contributed by atoms with Crippen LogP contribution in [0.1, 0.15) is 27.2 Å². The number of rotatable bonds is 5. The molecule has 2 amide bonds. The molecule has 0 aliphatic carbocycles.